The second-order valence-electron chi connectivity index (χ2n) is 3.81. The van der Waals surface area contributed by atoms with Crippen LogP contribution in [-0.4, -0.2) is 33.0 Å². The molecule has 1 saturated carbocycles. The molecule has 0 bridgehead atoms. The molecule has 1 aromatic rings. The van der Waals surface area contributed by atoms with Crippen LogP contribution in [0, 0.1) is 6.92 Å². The minimum Gasteiger partial charge on any atom is -0.313 e. The molecule has 1 fully saturated rings. The van der Waals surface area contributed by atoms with Gasteiger partial charge in [0.25, 0.3) is 0 Å². The van der Waals surface area contributed by atoms with Crippen LogP contribution >= 0.6 is 11.8 Å². The molecule has 4 nitrogen and oxygen atoms in total. The van der Waals surface area contributed by atoms with Crippen molar-refractivity contribution in [2.75, 3.05) is 6.54 Å². The standard InChI is InChI=1S/C9H16N4S/c1-6(5-10-8-3-4-8)14-9-11-7(2)12-13-9/h6,8,10H,3-5H2,1-2H3,(H,11,12,13). The van der Waals surface area contributed by atoms with Crippen molar-refractivity contribution in [3.63, 3.8) is 0 Å². The van der Waals surface area contributed by atoms with Gasteiger partial charge in [0.05, 0.1) is 0 Å². The summed E-state index contributed by atoms with van der Waals surface area (Å²) in [5.74, 6) is 0.884. The van der Waals surface area contributed by atoms with E-state index < -0.39 is 0 Å². The zero-order valence-electron chi connectivity index (χ0n) is 8.58. The molecule has 0 saturated heterocycles. The smallest absolute Gasteiger partial charge is 0.208 e. The van der Waals surface area contributed by atoms with E-state index in [0.717, 1.165) is 23.6 Å². The minimum atomic E-state index is 0.533. The molecule has 2 N–H and O–H groups in total. The highest BCUT2D eigenvalue weighted by Gasteiger charge is 2.21. The Kier molecular flexibility index (Phi) is 3.08. The lowest BCUT2D eigenvalue weighted by Crippen LogP contribution is -2.24. The van der Waals surface area contributed by atoms with Crippen LogP contribution in [0.3, 0.4) is 0 Å². The van der Waals surface area contributed by atoms with Gasteiger partial charge in [0.15, 0.2) is 0 Å². The van der Waals surface area contributed by atoms with Crippen LogP contribution in [0.15, 0.2) is 5.16 Å². The van der Waals surface area contributed by atoms with Crippen molar-refractivity contribution >= 4 is 11.8 Å². The number of thioether (sulfide) groups is 1. The Balaban J connectivity index is 1.72. The summed E-state index contributed by atoms with van der Waals surface area (Å²) in [5.41, 5.74) is 0. The number of aryl methyl sites for hydroxylation is 1. The van der Waals surface area contributed by atoms with Gasteiger partial charge in [-0.15, -0.1) is 5.10 Å². The highest BCUT2D eigenvalue weighted by molar-refractivity contribution is 7.99. The maximum Gasteiger partial charge on any atom is 0.208 e. The molecular formula is C9H16N4S. The van der Waals surface area contributed by atoms with Gasteiger partial charge in [0.1, 0.15) is 5.82 Å². The third-order valence-electron chi connectivity index (χ3n) is 2.15. The Morgan fingerprint density at radius 2 is 2.43 bits per heavy atom. The van der Waals surface area contributed by atoms with Crippen LogP contribution in [0.2, 0.25) is 0 Å². The van der Waals surface area contributed by atoms with Crippen LogP contribution in [0.25, 0.3) is 0 Å². The topological polar surface area (TPSA) is 53.6 Å². The molecule has 1 atom stereocenters. The summed E-state index contributed by atoms with van der Waals surface area (Å²) in [6.45, 7) is 5.17. The summed E-state index contributed by atoms with van der Waals surface area (Å²) in [6, 6.07) is 0.784. The van der Waals surface area contributed by atoms with Crippen LogP contribution in [0.4, 0.5) is 0 Å². The van der Waals surface area contributed by atoms with Gasteiger partial charge in [-0.3, -0.25) is 5.10 Å². The second kappa shape index (κ2) is 4.31. The van der Waals surface area contributed by atoms with E-state index in [2.05, 4.69) is 27.4 Å². The lowest BCUT2D eigenvalue weighted by Gasteiger charge is -2.08. The first kappa shape index (κ1) is 9.98. The molecular weight excluding hydrogens is 196 g/mol. The fraction of sp³-hybridized carbons (Fsp3) is 0.778. The number of nitrogens with zero attached hydrogens (tertiary/aromatic N) is 2. The highest BCUT2D eigenvalue weighted by atomic mass is 32.2. The van der Waals surface area contributed by atoms with Crippen LogP contribution in [-0.2, 0) is 0 Å². The second-order valence-corrected chi connectivity index (χ2v) is 5.22. The van der Waals surface area contributed by atoms with E-state index in [1.54, 1.807) is 11.8 Å². The Hall–Kier alpha value is -0.550. The molecule has 1 unspecified atom stereocenters. The van der Waals surface area contributed by atoms with E-state index in [-0.39, 0.29) is 0 Å². The Morgan fingerprint density at radius 3 is 3.00 bits per heavy atom. The molecule has 0 aliphatic heterocycles. The van der Waals surface area contributed by atoms with Crippen LogP contribution in [0.1, 0.15) is 25.6 Å². The highest BCUT2D eigenvalue weighted by Crippen LogP contribution is 2.21. The van der Waals surface area contributed by atoms with Gasteiger partial charge < -0.3 is 5.32 Å². The van der Waals surface area contributed by atoms with Crippen LogP contribution < -0.4 is 5.32 Å². The molecule has 5 heteroatoms. The summed E-state index contributed by atoms with van der Waals surface area (Å²) in [6.07, 6.45) is 2.69. The fourth-order valence-corrected chi connectivity index (χ4v) is 2.04. The summed E-state index contributed by atoms with van der Waals surface area (Å²) in [7, 11) is 0. The van der Waals surface area contributed by atoms with Gasteiger partial charge in [-0.05, 0) is 19.8 Å². The fourth-order valence-electron chi connectivity index (χ4n) is 1.22. The Labute approximate surface area is 88.3 Å². The van der Waals surface area contributed by atoms with E-state index in [4.69, 9.17) is 0 Å². The summed E-state index contributed by atoms with van der Waals surface area (Å²) < 4.78 is 0. The van der Waals surface area contributed by atoms with Gasteiger partial charge in [0, 0.05) is 17.8 Å². The van der Waals surface area contributed by atoms with E-state index in [1.165, 1.54) is 12.8 Å². The minimum absolute atomic E-state index is 0.533. The van der Waals surface area contributed by atoms with Crippen LogP contribution in [0.5, 0.6) is 0 Å². The monoisotopic (exact) mass is 212 g/mol. The number of H-pyrrole nitrogens is 1. The van der Waals surface area contributed by atoms with Crippen molar-refractivity contribution in [2.24, 2.45) is 0 Å². The van der Waals surface area contributed by atoms with E-state index in [1.807, 2.05) is 6.92 Å². The van der Waals surface area contributed by atoms with Gasteiger partial charge in [0.2, 0.25) is 5.16 Å². The van der Waals surface area contributed by atoms with Crippen molar-refractivity contribution < 1.29 is 0 Å². The largest absolute Gasteiger partial charge is 0.313 e. The van der Waals surface area contributed by atoms with Crippen molar-refractivity contribution in [1.82, 2.24) is 20.5 Å². The number of aromatic nitrogens is 3. The molecule has 1 heterocycles. The number of hydrogen-bond donors (Lipinski definition) is 2. The first-order chi connectivity index (χ1) is 6.74. The molecule has 14 heavy (non-hydrogen) atoms. The zero-order chi connectivity index (χ0) is 9.97. The molecule has 2 rings (SSSR count). The predicted octanol–water partition coefficient (Wildman–Crippen LogP) is 1.35. The van der Waals surface area contributed by atoms with Gasteiger partial charge in [-0.1, -0.05) is 18.7 Å². The third kappa shape index (κ3) is 2.99. The lowest BCUT2D eigenvalue weighted by molar-refractivity contribution is 0.678. The maximum absolute atomic E-state index is 4.26. The summed E-state index contributed by atoms with van der Waals surface area (Å²) in [5, 5.41) is 11.8. The molecule has 78 valence electrons. The number of aromatic amines is 1. The molecule has 0 spiro atoms. The van der Waals surface area contributed by atoms with E-state index in [9.17, 15) is 0 Å². The van der Waals surface area contributed by atoms with E-state index in [0.29, 0.717) is 5.25 Å². The first-order valence-electron chi connectivity index (χ1n) is 5.03. The molecule has 0 radical (unpaired) electrons. The lowest BCUT2D eigenvalue weighted by atomic mass is 10.4. The summed E-state index contributed by atoms with van der Waals surface area (Å²) in [4.78, 5) is 4.26. The number of hydrogen-bond acceptors (Lipinski definition) is 4. The third-order valence-corrected chi connectivity index (χ3v) is 3.12. The van der Waals surface area contributed by atoms with Crippen molar-refractivity contribution in [1.29, 1.82) is 0 Å². The molecule has 1 aromatic heterocycles. The Bertz CT molecular complexity index is 295. The van der Waals surface area contributed by atoms with E-state index >= 15 is 0 Å². The number of nitrogens with one attached hydrogen (secondary N) is 2. The summed E-state index contributed by atoms with van der Waals surface area (Å²) >= 11 is 1.72. The van der Waals surface area contributed by atoms with Crippen molar-refractivity contribution in [3.05, 3.63) is 5.82 Å². The first-order valence-corrected chi connectivity index (χ1v) is 5.91. The predicted molar refractivity (Wildman–Crippen MR) is 57.5 cm³/mol. The zero-order valence-corrected chi connectivity index (χ0v) is 9.40. The SMILES string of the molecule is Cc1nc(SC(C)CNC2CC2)n[nH]1. The Morgan fingerprint density at radius 1 is 1.64 bits per heavy atom. The normalized spacial score (nSPS) is 18.4. The molecule has 0 aromatic carbocycles. The molecule has 1 aliphatic carbocycles. The average Bonchev–Trinajstić information content (AvgIpc) is 2.88. The maximum atomic E-state index is 4.26. The molecule has 0 amide bonds. The van der Waals surface area contributed by atoms with Crippen molar-refractivity contribution in [2.45, 2.75) is 43.1 Å². The quantitative estimate of drug-likeness (QED) is 0.723. The average molecular weight is 212 g/mol. The van der Waals surface area contributed by atoms with Gasteiger partial charge in [-0.2, -0.15) is 0 Å². The van der Waals surface area contributed by atoms with Gasteiger partial charge in [-0.25, -0.2) is 4.98 Å². The van der Waals surface area contributed by atoms with Gasteiger partial charge >= 0.3 is 0 Å². The molecule has 1 aliphatic rings. The number of rotatable bonds is 5. The van der Waals surface area contributed by atoms with Crippen molar-refractivity contribution in [3.8, 4) is 0 Å².